The van der Waals surface area contributed by atoms with E-state index in [1.165, 1.54) is 35.3 Å². The quantitative estimate of drug-likeness (QED) is 0.928. The number of fused-ring (bicyclic) bond motifs is 1. The summed E-state index contributed by atoms with van der Waals surface area (Å²) >= 11 is 0. The fourth-order valence-corrected chi connectivity index (χ4v) is 3.36. The Morgan fingerprint density at radius 2 is 2.05 bits per heavy atom. The van der Waals surface area contributed by atoms with Gasteiger partial charge in [0.1, 0.15) is 5.82 Å². The van der Waals surface area contributed by atoms with Gasteiger partial charge in [0.2, 0.25) is 0 Å². The lowest BCUT2D eigenvalue weighted by Crippen LogP contribution is -2.28. The van der Waals surface area contributed by atoms with Crippen molar-refractivity contribution >= 4 is 11.0 Å². The van der Waals surface area contributed by atoms with E-state index in [1.807, 2.05) is 0 Å². The van der Waals surface area contributed by atoms with Crippen LogP contribution in [-0.4, -0.2) is 22.6 Å². The molecule has 1 aliphatic rings. The van der Waals surface area contributed by atoms with Crippen molar-refractivity contribution in [1.82, 2.24) is 14.9 Å². The first-order valence-corrected chi connectivity index (χ1v) is 8.38. The molecule has 0 radical (unpaired) electrons. The Morgan fingerprint density at radius 3 is 2.71 bits per heavy atom. The summed E-state index contributed by atoms with van der Waals surface area (Å²) in [7, 11) is 0. The van der Waals surface area contributed by atoms with E-state index in [2.05, 4.69) is 48.9 Å². The summed E-state index contributed by atoms with van der Waals surface area (Å²) in [4.78, 5) is 5.03. The van der Waals surface area contributed by atoms with E-state index in [-0.39, 0.29) is 0 Å². The summed E-state index contributed by atoms with van der Waals surface area (Å²) in [5, 5.41) is 3.46. The van der Waals surface area contributed by atoms with Crippen LogP contribution in [0.25, 0.3) is 11.0 Å². The first-order chi connectivity index (χ1) is 10.2. The lowest BCUT2D eigenvalue weighted by molar-refractivity contribution is 0.419. The van der Waals surface area contributed by atoms with Crippen LogP contribution in [0, 0.1) is 5.92 Å². The predicted molar refractivity (Wildman–Crippen MR) is 88.8 cm³/mol. The van der Waals surface area contributed by atoms with Crippen molar-refractivity contribution in [2.75, 3.05) is 13.1 Å². The van der Waals surface area contributed by atoms with E-state index in [9.17, 15) is 0 Å². The summed E-state index contributed by atoms with van der Waals surface area (Å²) in [6.45, 7) is 10.1. The minimum Gasteiger partial charge on any atom is -0.327 e. The molecule has 0 atom stereocenters. The molecule has 1 N–H and O–H groups in total. The van der Waals surface area contributed by atoms with Crippen LogP contribution in [-0.2, 0) is 13.0 Å². The zero-order valence-corrected chi connectivity index (χ0v) is 13.5. The van der Waals surface area contributed by atoms with Crippen molar-refractivity contribution in [3.63, 3.8) is 0 Å². The Bertz CT molecular complexity index is 606. The molecule has 21 heavy (non-hydrogen) atoms. The predicted octanol–water partition coefficient (Wildman–Crippen LogP) is 3.72. The molecule has 1 aliphatic heterocycles. The molecular weight excluding hydrogens is 258 g/mol. The van der Waals surface area contributed by atoms with Crippen molar-refractivity contribution in [1.29, 1.82) is 0 Å². The monoisotopic (exact) mass is 285 g/mol. The van der Waals surface area contributed by atoms with Gasteiger partial charge in [-0.25, -0.2) is 4.98 Å². The molecule has 0 bridgehead atoms. The molecule has 0 aliphatic carbocycles. The van der Waals surface area contributed by atoms with Crippen molar-refractivity contribution < 1.29 is 0 Å². The number of nitrogens with zero attached hydrogens (tertiary/aromatic N) is 2. The van der Waals surface area contributed by atoms with Gasteiger partial charge in [0.15, 0.2) is 0 Å². The number of imidazole rings is 1. The van der Waals surface area contributed by atoms with Gasteiger partial charge in [-0.15, -0.1) is 0 Å². The molecule has 3 heteroatoms. The zero-order chi connectivity index (χ0) is 14.8. The molecule has 0 unspecified atom stereocenters. The Balaban J connectivity index is 2.07. The molecule has 2 aromatic rings. The molecule has 2 heterocycles. The van der Waals surface area contributed by atoms with Crippen molar-refractivity contribution in [3.8, 4) is 0 Å². The van der Waals surface area contributed by atoms with Crippen molar-refractivity contribution in [2.24, 2.45) is 5.92 Å². The van der Waals surface area contributed by atoms with Crippen LogP contribution in [0.5, 0.6) is 0 Å². The maximum atomic E-state index is 5.03. The van der Waals surface area contributed by atoms with Gasteiger partial charge >= 0.3 is 0 Å². The number of aromatic nitrogens is 2. The SMILES string of the molecule is CCc1ccc2c(c1)nc(C1CCNCC1)n2CC(C)C. The van der Waals surface area contributed by atoms with Crippen molar-refractivity contribution in [2.45, 2.75) is 52.5 Å². The number of hydrogen-bond donors (Lipinski definition) is 1. The molecule has 0 saturated carbocycles. The van der Waals surface area contributed by atoms with E-state index in [0.717, 1.165) is 26.1 Å². The summed E-state index contributed by atoms with van der Waals surface area (Å²) in [6, 6.07) is 6.80. The average Bonchev–Trinajstić information content (AvgIpc) is 2.85. The molecule has 1 aromatic carbocycles. The molecule has 0 spiro atoms. The van der Waals surface area contributed by atoms with Gasteiger partial charge < -0.3 is 9.88 Å². The number of piperidine rings is 1. The largest absolute Gasteiger partial charge is 0.327 e. The Hall–Kier alpha value is -1.35. The van der Waals surface area contributed by atoms with Gasteiger partial charge in [-0.3, -0.25) is 0 Å². The Morgan fingerprint density at radius 1 is 1.29 bits per heavy atom. The van der Waals surface area contributed by atoms with Gasteiger partial charge in [0.25, 0.3) is 0 Å². The van der Waals surface area contributed by atoms with Crippen LogP contribution < -0.4 is 5.32 Å². The lowest BCUT2D eigenvalue weighted by Gasteiger charge is -2.23. The van der Waals surface area contributed by atoms with E-state index in [4.69, 9.17) is 4.98 Å². The van der Waals surface area contributed by atoms with E-state index >= 15 is 0 Å². The number of benzene rings is 1. The van der Waals surface area contributed by atoms with Crippen molar-refractivity contribution in [3.05, 3.63) is 29.6 Å². The Labute approximate surface area is 127 Å². The maximum absolute atomic E-state index is 5.03. The lowest BCUT2D eigenvalue weighted by atomic mass is 9.97. The number of rotatable bonds is 4. The zero-order valence-electron chi connectivity index (χ0n) is 13.5. The topological polar surface area (TPSA) is 29.9 Å². The summed E-state index contributed by atoms with van der Waals surface area (Å²) in [6.07, 6.45) is 3.50. The van der Waals surface area contributed by atoms with Crippen LogP contribution in [0.3, 0.4) is 0 Å². The first kappa shape index (κ1) is 14.6. The fourth-order valence-electron chi connectivity index (χ4n) is 3.36. The number of nitrogens with one attached hydrogen (secondary N) is 1. The highest BCUT2D eigenvalue weighted by molar-refractivity contribution is 5.77. The summed E-state index contributed by atoms with van der Waals surface area (Å²) < 4.78 is 2.48. The number of hydrogen-bond acceptors (Lipinski definition) is 2. The van der Waals surface area contributed by atoms with Crippen LogP contribution in [0.2, 0.25) is 0 Å². The molecule has 0 amide bonds. The molecule has 3 nitrogen and oxygen atoms in total. The van der Waals surface area contributed by atoms with Crippen LogP contribution in [0.4, 0.5) is 0 Å². The van der Waals surface area contributed by atoms with Gasteiger partial charge in [0.05, 0.1) is 11.0 Å². The summed E-state index contributed by atoms with van der Waals surface area (Å²) in [5.41, 5.74) is 3.88. The Kier molecular flexibility index (Phi) is 4.29. The second-order valence-electron chi connectivity index (χ2n) is 6.68. The highest BCUT2D eigenvalue weighted by Gasteiger charge is 2.22. The summed E-state index contributed by atoms with van der Waals surface area (Å²) in [5.74, 6) is 2.57. The maximum Gasteiger partial charge on any atom is 0.113 e. The first-order valence-electron chi connectivity index (χ1n) is 8.38. The van der Waals surface area contributed by atoms with Crippen LogP contribution >= 0.6 is 0 Å². The molecule has 1 saturated heterocycles. The molecule has 114 valence electrons. The highest BCUT2D eigenvalue weighted by atomic mass is 15.1. The normalized spacial score (nSPS) is 17.0. The fraction of sp³-hybridized carbons (Fsp3) is 0.611. The van der Waals surface area contributed by atoms with Gasteiger partial charge in [-0.2, -0.15) is 0 Å². The highest BCUT2D eigenvalue weighted by Crippen LogP contribution is 2.29. The number of aryl methyl sites for hydroxylation is 1. The molecule has 1 aromatic heterocycles. The third-order valence-electron chi connectivity index (χ3n) is 4.50. The van der Waals surface area contributed by atoms with Crippen LogP contribution in [0.15, 0.2) is 18.2 Å². The molecular formula is C18H27N3. The molecule has 3 rings (SSSR count). The van der Waals surface area contributed by atoms with Gasteiger partial charge in [-0.05, 0) is 56.0 Å². The van der Waals surface area contributed by atoms with Crippen LogP contribution in [0.1, 0.15) is 50.9 Å². The minimum absolute atomic E-state index is 0.613. The minimum atomic E-state index is 0.613. The second-order valence-corrected chi connectivity index (χ2v) is 6.68. The van der Waals surface area contributed by atoms with E-state index < -0.39 is 0 Å². The van der Waals surface area contributed by atoms with Gasteiger partial charge in [0, 0.05) is 12.5 Å². The molecule has 1 fully saturated rings. The van der Waals surface area contributed by atoms with E-state index in [1.54, 1.807) is 0 Å². The standard InChI is InChI=1S/C18H27N3/c1-4-14-5-6-17-16(11-14)20-18(21(17)12-13(2)3)15-7-9-19-10-8-15/h5-6,11,13,15,19H,4,7-10,12H2,1-3H3. The smallest absolute Gasteiger partial charge is 0.113 e. The average molecular weight is 285 g/mol. The van der Waals surface area contributed by atoms with E-state index in [0.29, 0.717) is 11.8 Å². The third kappa shape index (κ3) is 2.98. The second kappa shape index (κ2) is 6.18. The third-order valence-corrected chi connectivity index (χ3v) is 4.50. The van der Waals surface area contributed by atoms with Gasteiger partial charge in [-0.1, -0.05) is 26.8 Å².